The minimum absolute atomic E-state index is 0.272. The van der Waals surface area contributed by atoms with Gasteiger partial charge in [0.25, 0.3) is 0 Å². The molecule has 0 heterocycles. The largest absolute Gasteiger partial charge is 0.467 e. The average molecular weight is 282 g/mol. The van der Waals surface area contributed by atoms with Crippen LogP contribution in [0.2, 0.25) is 5.02 Å². The molecule has 0 saturated carbocycles. The number of halogens is 1. The fraction of sp³-hybridized carbons (Fsp3) is 0.286. The molecule has 0 fully saturated rings. The topological polar surface area (TPSA) is 55.4 Å². The van der Waals surface area contributed by atoms with Crippen LogP contribution in [0, 0.1) is 0 Å². The third-order valence-corrected chi connectivity index (χ3v) is 2.63. The van der Waals surface area contributed by atoms with Gasteiger partial charge in [0.1, 0.15) is 6.04 Å². The van der Waals surface area contributed by atoms with Gasteiger partial charge in [-0.05, 0) is 24.1 Å². The van der Waals surface area contributed by atoms with E-state index in [1.165, 1.54) is 14.0 Å². The lowest BCUT2D eigenvalue weighted by Crippen LogP contribution is -2.39. The fourth-order valence-electron chi connectivity index (χ4n) is 1.55. The van der Waals surface area contributed by atoms with Gasteiger partial charge < -0.3 is 10.1 Å². The number of benzene rings is 1. The van der Waals surface area contributed by atoms with E-state index in [0.717, 1.165) is 5.56 Å². The molecular weight excluding hydrogens is 266 g/mol. The normalized spacial score (nSPS) is 12.2. The molecule has 1 rings (SSSR count). The number of nitrogens with one attached hydrogen (secondary N) is 1. The van der Waals surface area contributed by atoms with E-state index in [1.54, 1.807) is 12.1 Å². The maximum atomic E-state index is 11.5. The lowest BCUT2D eigenvalue weighted by molar-refractivity contribution is -0.144. The zero-order chi connectivity index (χ0) is 14.3. The van der Waals surface area contributed by atoms with Crippen LogP contribution in [0.25, 0.3) is 6.08 Å². The second-order valence-electron chi connectivity index (χ2n) is 3.97. The van der Waals surface area contributed by atoms with Crippen molar-refractivity contribution in [3.8, 4) is 0 Å². The molecule has 5 heteroatoms. The van der Waals surface area contributed by atoms with Gasteiger partial charge in [-0.1, -0.05) is 35.9 Å². The maximum Gasteiger partial charge on any atom is 0.328 e. The molecule has 102 valence electrons. The number of amides is 1. The summed E-state index contributed by atoms with van der Waals surface area (Å²) in [5.74, 6) is -0.738. The van der Waals surface area contributed by atoms with Crippen molar-refractivity contribution in [1.29, 1.82) is 0 Å². The first kappa shape index (κ1) is 15.2. The number of hydrogen-bond acceptors (Lipinski definition) is 3. The van der Waals surface area contributed by atoms with E-state index >= 15 is 0 Å². The van der Waals surface area contributed by atoms with Crippen molar-refractivity contribution < 1.29 is 14.3 Å². The van der Waals surface area contributed by atoms with Crippen molar-refractivity contribution in [2.24, 2.45) is 0 Å². The Morgan fingerprint density at radius 3 is 2.79 bits per heavy atom. The fourth-order valence-corrected chi connectivity index (χ4v) is 1.75. The monoisotopic (exact) mass is 281 g/mol. The number of hydrogen-bond donors (Lipinski definition) is 1. The van der Waals surface area contributed by atoms with E-state index in [0.29, 0.717) is 11.4 Å². The average Bonchev–Trinajstić information content (AvgIpc) is 2.36. The molecule has 0 unspecified atom stereocenters. The summed E-state index contributed by atoms with van der Waals surface area (Å²) in [5.41, 5.74) is 0.930. The Labute approximate surface area is 117 Å². The minimum atomic E-state index is -0.669. The number of methoxy groups -OCH3 is 1. The lowest BCUT2D eigenvalue weighted by atomic mass is 10.1. The molecule has 1 aromatic rings. The van der Waals surface area contributed by atoms with E-state index < -0.39 is 12.0 Å². The van der Waals surface area contributed by atoms with Gasteiger partial charge in [-0.15, -0.1) is 0 Å². The van der Waals surface area contributed by atoms with Crippen molar-refractivity contribution in [2.45, 2.75) is 19.4 Å². The van der Waals surface area contributed by atoms with E-state index in [4.69, 9.17) is 11.6 Å². The molecule has 0 spiro atoms. The highest BCUT2D eigenvalue weighted by atomic mass is 35.5. The summed E-state index contributed by atoms with van der Waals surface area (Å²) in [6.45, 7) is 1.36. The van der Waals surface area contributed by atoms with Gasteiger partial charge in [0.2, 0.25) is 5.91 Å². The minimum Gasteiger partial charge on any atom is -0.467 e. The van der Waals surface area contributed by atoms with Gasteiger partial charge in [0.15, 0.2) is 0 Å². The van der Waals surface area contributed by atoms with E-state index in [2.05, 4.69) is 10.1 Å². The lowest BCUT2D eigenvalue weighted by Gasteiger charge is -2.13. The molecule has 0 aliphatic carbocycles. The Kier molecular flexibility index (Phi) is 6.09. The van der Waals surface area contributed by atoms with Crippen LogP contribution in [-0.2, 0) is 14.3 Å². The molecule has 1 N–H and O–H groups in total. The van der Waals surface area contributed by atoms with Crippen LogP contribution in [0.5, 0.6) is 0 Å². The van der Waals surface area contributed by atoms with Crippen LogP contribution in [0.1, 0.15) is 18.9 Å². The predicted octanol–water partition coefficient (Wildman–Crippen LogP) is 2.42. The van der Waals surface area contributed by atoms with Gasteiger partial charge >= 0.3 is 5.97 Å². The van der Waals surface area contributed by atoms with Crippen LogP contribution in [-0.4, -0.2) is 25.0 Å². The van der Waals surface area contributed by atoms with Crippen molar-refractivity contribution in [2.75, 3.05) is 7.11 Å². The Balaban J connectivity index is 2.65. The molecular formula is C14H16ClNO3. The number of esters is 1. The van der Waals surface area contributed by atoms with Crippen molar-refractivity contribution in [3.63, 3.8) is 0 Å². The molecule has 0 aromatic heterocycles. The molecule has 0 radical (unpaired) electrons. The second kappa shape index (κ2) is 7.59. The van der Waals surface area contributed by atoms with Gasteiger partial charge in [-0.2, -0.15) is 0 Å². The standard InChI is InChI=1S/C14H16ClNO3/c1-10(17)16-13(14(18)19-2)8-4-6-11-5-3-7-12(15)9-11/h3-7,9,13H,8H2,1-2H3,(H,16,17)/b6-4+/t13-/m1/s1. The molecule has 0 aliphatic rings. The summed E-state index contributed by atoms with van der Waals surface area (Å²) >= 11 is 5.86. The molecule has 0 saturated heterocycles. The van der Waals surface area contributed by atoms with Crippen LogP contribution < -0.4 is 5.32 Å². The highest BCUT2D eigenvalue weighted by Gasteiger charge is 2.17. The molecule has 1 amide bonds. The zero-order valence-electron chi connectivity index (χ0n) is 10.9. The first-order chi connectivity index (χ1) is 9.02. The summed E-state index contributed by atoms with van der Waals surface area (Å²) < 4.78 is 4.63. The number of carbonyl (C=O) groups is 2. The predicted molar refractivity (Wildman–Crippen MR) is 74.7 cm³/mol. The molecule has 0 aliphatic heterocycles. The zero-order valence-corrected chi connectivity index (χ0v) is 11.6. The Bertz CT molecular complexity index is 485. The molecule has 1 atom stereocenters. The van der Waals surface area contributed by atoms with Crippen molar-refractivity contribution >= 4 is 29.6 Å². The Hall–Kier alpha value is -1.81. The quantitative estimate of drug-likeness (QED) is 0.843. The molecule has 19 heavy (non-hydrogen) atoms. The number of carbonyl (C=O) groups excluding carboxylic acids is 2. The third kappa shape index (κ3) is 5.57. The van der Waals surface area contributed by atoms with Crippen molar-refractivity contribution in [3.05, 3.63) is 40.9 Å². The van der Waals surface area contributed by atoms with Gasteiger partial charge in [-0.3, -0.25) is 4.79 Å². The van der Waals surface area contributed by atoms with Crippen LogP contribution in [0.15, 0.2) is 30.3 Å². The maximum absolute atomic E-state index is 11.5. The summed E-state index contributed by atoms with van der Waals surface area (Å²) in [7, 11) is 1.29. The second-order valence-corrected chi connectivity index (χ2v) is 4.41. The van der Waals surface area contributed by atoms with Crippen LogP contribution in [0.4, 0.5) is 0 Å². The molecule has 1 aromatic carbocycles. The first-order valence-electron chi connectivity index (χ1n) is 5.80. The number of rotatable bonds is 5. The summed E-state index contributed by atoms with van der Waals surface area (Å²) in [5, 5.41) is 3.18. The highest BCUT2D eigenvalue weighted by Crippen LogP contribution is 2.12. The SMILES string of the molecule is COC(=O)[C@@H](C/C=C/c1cccc(Cl)c1)NC(C)=O. The third-order valence-electron chi connectivity index (χ3n) is 2.39. The summed E-state index contributed by atoms with van der Waals surface area (Å²) in [6.07, 6.45) is 3.99. The smallest absolute Gasteiger partial charge is 0.328 e. The van der Waals surface area contributed by atoms with Gasteiger partial charge in [0, 0.05) is 11.9 Å². The summed E-state index contributed by atoms with van der Waals surface area (Å²) in [4.78, 5) is 22.4. The Morgan fingerprint density at radius 1 is 1.47 bits per heavy atom. The van der Waals surface area contributed by atoms with Gasteiger partial charge in [0.05, 0.1) is 7.11 Å². The summed E-state index contributed by atoms with van der Waals surface area (Å²) in [6, 6.07) is 6.66. The van der Waals surface area contributed by atoms with E-state index in [9.17, 15) is 9.59 Å². The van der Waals surface area contributed by atoms with Crippen molar-refractivity contribution in [1.82, 2.24) is 5.32 Å². The molecule has 0 bridgehead atoms. The molecule has 4 nitrogen and oxygen atoms in total. The van der Waals surface area contributed by atoms with Gasteiger partial charge in [-0.25, -0.2) is 4.79 Å². The van der Waals surface area contributed by atoms with Crippen LogP contribution in [0.3, 0.4) is 0 Å². The van der Waals surface area contributed by atoms with E-state index in [-0.39, 0.29) is 5.91 Å². The Morgan fingerprint density at radius 2 is 2.21 bits per heavy atom. The highest BCUT2D eigenvalue weighted by molar-refractivity contribution is 6.30. The number of ether oxygens (including phenoxy) is 1. The first-order valence-corrected chi connectivity index (χ1v) is 6.17. The van der Waals surface area contributed by atoms with E-state index in [1.807, 2.05) is 24.3 Å². The van der Waals surface area contributed by atoms with Crippen LogP contribution >= 0.6 is 11.6 Å².